The van der Waals surface area contributed by atoms with E-state index in [-0.39, 0.29) is 0 Å². The second-order valence-electron chi connectivity index (χ2n) is 6.91. The molecule has 0 aromatic heterocycles. The van der Waals surface area contributed by atoms with Gasteiger partial charge >= 0.3 is 0 Å². The lowest BCUT2D eigenvalue weighted by atomic mass is 9.86. The number of nitrogens with zero attached hydrogens (tertiary/aromatic N) is 1. The van der Waals surface area contributed by atoms with E-state index in [0.717, 1.165) is 5.92 Å². The number of phenolic OH excluding ortho intramolecular Hbond substituents is 1. The fraction of sp³-hybridized carbons (Fsp3) is 0.684. The first-order valence-electron chi connectivity index (χ1n) is 8.83. The fourth-order valence-electron chi connectivity index (χ4n) is 4.34. The van der Waals surface area contributed by atoms with Gasteiger partial charge in [-0.15, -0.1) is 0 Å². The topological polar surface area (TPSA) is 23.5 Å². The number of aromatic hydroxyl groups is 1. The molecule has 2 atom stereocenters. The summed E-state index contributed by atoms with van der Waals surface area (Å²) in [7, 11) is 0. The summed E-state index contributed by atoms with van der Waals surface area (Å²) in [6.45, 7) is 4.78. The molecule has 116 valence electrons. The normalized spacial score (nSPS) is 27.1. The molecular formula is C19H29NO. The van der Waals surface area contributed by atoms with E-state index in [0.29, 0.717) is 11.8 Å². The molecule has 1 saturated heterocycles. The van der Waals surface area contributed by atoms with Crippen molar-refractivity contribution < 1.29 is 5.11 Å². The van der Waals surface area contributed by atoms with Crippen LogP contribution in [0.15, 0.2) is 18.2 Å². The van der Waals surface area contributed by atoms with E-state index < -0.39 is 0 Å². The van der Waals surface area contributed by atoms with Crippen LogP contribution in [0.2, 0.25) is 0 Å². The van der Waals surface area contributed by atoms with Crippen LogP contribution >= 0.6 is 0 Å². The number of aryl methyl sites for hydroxylation is 1. The van der Waals surface area contributed by atoms with Gasteiger partial charge in [-0.1, -0.05) is 25.8 Å². The molecule has 2 nitrogen and oxygen atoms in total. The zero-order chi connectivity index (χ0) is 14.7. The molecule has 1 aliphatic heterocycles. The van der Waals surface area contributed by atoms with Crippen LogP contribution in [0.3, 0.4) is 0 Å². The molecule has 3 rings (SSSR count). The SMILES string of the molecule is CCCC1CCCN(C2CCCc3ccc(O)cc32)CC1. The first-order valence-corrected chi connectivity index (χ1v) is 8.83. The largest absolute Gasteiger partial charge is 0.508 e. The Balaban J connectivity index is 1.74. The highest BCUT2D eigenvalue weighted by Gasteiger charge is 2.28. The van der Waals surface area contributed by atoms with Crippen LogP contribution < -0.4 is 0 Å². The number of phenols is 1. The van der Waals surface area contributed by atoms with Crippen molar-refractivity contribution in [2.75, 3.05) is 13.1 Å². The number of benzene rings is 1. The molecule has 1 heterocycles. The highest BCUT2D eigenvalue weighted by Crippen LogP contribution is 2.37. The Morgan fingerprint density at radius 2 is 2.05 bits per heavy atom. The molecule has 21 heavy (non-hydrogen) atoms. The summed E-state index contributed by atoms with van der Waals surface area (Å²) in [4.78, 5) is 2.70. The standard InChI is InChI=1S/C19H29NO/c1-2-5-15-6-4-12-20(13-11-15)19-8-3-7-16-9-10-17(21)14-18(16)19/h9-10,14-15,19,21H,2-8,11-13H2,1H3. The summed E-state index contributed by atoms with van der Waals surface area (Å²) < 4.78 is 0. The summed E-state index contributed by atoms with van der Waals surface area (Å²) in [6.07, 6.45) is 10.6. The van der Waals surface area contributed by atoms with E-state index in [4.69, 9.17) is 0 Å². The first-order chi connectivity index (χ1) is 10.3. The predicted molar refractivity (Wildman–Crippen MR) is 87.6 cm³/mol. The van der Waals surface area contributed by atoms with Crippen molar-refractivity contribution in [3.8, 4) is 5.75 Å². The van der Waals surface area contributed by atoms with Crippen LogP contribution in [0, 0.1) is 5.92 Å². The Morgan fingerprint density at radius 1 is 1.14 bits per heavy atom. The van der Waals surface area contributed by atoms with Gasteiger partial charge in [-0.2, -0.15) is 0 Å². The summed E-state index contributed by atoms with van der Waals surface area (Å²) in [5.74, 6) is 1.37. The van der Waals surface area contributed by atoms with Crippen LogP contribution in [0.5, 0.6) is 5.75 Å². The van der Waals surface area contributed by atoms with E-state index >= 15 is 0 Å². The highest BCUT2D eigenvalue weighted by molar-refractivity contribution is 5.38. The van der Waals surface area contributed by atoms with E-state index in [1.54, 1.807) is 0 Å². The van der Waals surface area contributed by atoms with Gasteiger partial charge < -0.3 is 5.11 Å². The molecular weight excluding hydrogens is 258 g/mol. The van der Waals surface area contributed by atoms with Gasteiger partial charge in [-0.25, -0.2) is 0 Å². The van der Waals surface area contributed by atoms with Crippen molar-refractivity contribution in [1.82, 2.24) is 4.90 Å². The zero-order valence-corrected chi connectivity index (χ0v) is 13.4. The van der Waals surface area contributed by atoms with E-state index in [1.807, 2.05) is 12.1 Å². The second kappa shape index (κ2) is 6.83. The minimum atomic E-state index is 0.430. The van der Waals surface area contributed by atoms with Gasteiger partial charge in [0.1, 0.15) is 5.75 Å². The van der Waals surface area contributed by atoms with Crippen LogP contribution in [0.4, 0.5) is 0 Å². The minimum absolute atomic E-state index is 0.430. The molecule has 2 aliphatic rings. The highest BCUT2D eigenvalue weighted by atomic mass is 16.3. The molecule has 0 radical (unpaired) electrons. The van der Waals surface area contributed by atoms with Crippen molar-refractivity contribution in [2.45, 2.75) is 64.3 Å². The molecule has 1 aliphatic carbocycles. The van der Waals surface area contributed by atoms with Gasteiger partial charge in [0.05, 0.1) is 0 Å². The molecule has 1 aromatic carbocycles. The molecule has 2 unspecified atom stereocenters. The molecule has 0 saturated carbocycles. The van der Waals surface area contributed by atoms with Crippen molar-refractivity contribution >= 4 is 0 Å². The third kappa shape index (κ3) is 3.42. The Morgan fingerprint density at radius 3 is 2.90 bits per heavy atom. The minimum Gasteiger partial charge on any atom is -0.508 e. The molecule has 1 N–H and O–H groups in total. The number of hydrogen-bond donors (Lipinski definition) is 1. The zero-order valence-electron chi connectivity index (χ0n) is 13.4. The van der Waals surface area contributed by atoms with Crippen LogP contribution in [0.25, 0.3) is 0 Å². The Bertz CT molecular complexity index is 471. The maximum atomic E-state index is 9.85. The number of likely N-dealkylation sites (tertiary alicyclic amines) is 1. The molecule has 0 amide bonds. The van der Waals surface area contributed by atoms with Crippen molar-refractivity contribution in [1.29, 1.82) is 0 Å². The van der Waals surface area contributed by atoms with Crippen LogP contribution in [-0.2, 0) is 6.42 Å². The summed E-state index contributed by atoms with van der Waals surface area (Å²) >= 11 is 0. The van der Waals surface area contributed by atoms with Gasteiger partial charge in [0.15, 0.2) is 0 Å². The van der Waals surface area contributed by atoms with Crippen molar-refractivity contribution in [3.63, 3.8) is 0 Å². The number of hydrogen-bond acceptors (Lipinski definition) is 2. The smallest absolute Gasteiger partial charge is 0.115 e. The quantitative estimate of drug-likeness (QED) is 0.873. The molecule has 2 heteroatoms. The van der Waals surface area contributed by atoms with E-state index in [2.05, 4.69) is 17.9 Å². The third-order valence-electron chi connectivity index (χ3n) is 5.43. The number of fused-ring (bicyclic) bond motifs is 1. The summed E-state index contributed by atoms with van der Waals surface area (Å²) in [6, 6.07) is 6.55. The maximum absolute atomic E-state index is 9.85. The molecule has 1 aromatic rings. The van der Waals surface area contributed by atoms with Gasteiger partial charge in [-0.05, 0) is 80.8 Å². The van der Waals surface area contributed by atoms with Crippen molar-refractivity contribution in [2.24, 2.45) is 5.92 Å². The Hall–Kier alpha value is -1.02. The maximum Gasteiger partial charge on any atom is 0.115 e. The second-order valence-corrected chi connectivity index (χ2v) is 6.91. The van der Waals surface area contributed by atoms with Crippen LogP contribution in [0.1, 0.15) is 69.0 Å². The van der Waals surface area contributed by atoms with Gasteiger partial charge in [-0.3, -0.25) is 4.90 Å². The lowest BCUT2D eigenvalue weighted by molar-refractivity contribution is 0.182. The van der Waals surface area contributed by atoms with Crippen molar-refractivity contribution in [3.05, 3.63) is 29.3 Å². The van der Waals surface area contributed by atoms with E-state index in [1.165, 1.54) is 75.6 Å². The Labute approximate surface area is 129 Å². The van der Waals surface area contributed by atoms with Gasteiger partial charge in [0.2, 0.25) is 0 Å². The van der Waals surface area contributed by atoms with Gasteiger partial charge in [0, 0.05) is 6.04 Å². The Kier molecular flexibility index (Phi) is 4.84. The van der Waals surface area contributed by atoms with Crippen LogP contribution in [-0.4, -0.2) is 23.1 Å². The predicted octanol–water partition coefficient (Wildman–Crippen LogP) is 4.67. The average molecular weight is 287 g/mol. The average Bonchev–Trinajstić information content (AvgIpc) is 2.73. The fourth-order valence-corrected chi connectivity index (χ4v) is 4.34. The lowest BCUT2D eigenvalue weighted by Gasteiger charge is -2.35. The molecule has 0 bridgehead atoms. The third-order valence-corrected chi connectivity index (χ3v) is 5.43. The van der Waals surface area contributed by atoms with E-state index in [9.17, 15) is 5.11 Å². The first kappa shape index (κ1) is 14.9. The lowest BCUT2D eigenvalue weighted by Crippen LogP contribution is -2.32. The molecule has 1 fully saturated rings. The molecule has 0 spiro atoms. The summed E-state index contributed by atoms with van der Waals surface area (Å²) in [5, 5.41) is 9.85. The summed E-state index contributed by atoms with van der Waals surface area (Å²) in [5.41, 5.74) is 2.86. The monoisotopic (exact) mass is 287 g/mol. The van der Waals surface area contributed by atoms with Gasteiger partial charge in [0.25, 0.3) is 0 Å². The number of rotatable bonds is 3.